The molecule has 0 radical (unpaired) electrons. The van der Waals surface area contributed by atoms with Gasteiger partial charge in [-0.3, -0.25) is 10.00 Å². The van der Waals surface area contributed by atoms with Crippen molar-refractivity contribution in [3.8, 4) is 0 Å². The van der Waals surface area contributed by atoms with E-state index in [4.69, 9.17) is 4.74 Å². The molecule has 2 aromatic heterocycles. The van der Waals surface area contributed by atoms with Gasteiger partial charge in [0.1, 0.15) is 11.9 Å². The number of nitrogens with one attached hydrogen (secondary N) is 1. The molecule has 0 saturated carbocycles. The van der Waals surface area contributed by atoms with Crippen LogP contribution in [-0.2, 0) is 18.3 Å². The van der Waals surface area contributed by atoms with Crippen LogP contribution in [0.4, 0.5) is 0 Å². The van der Waals surface area contributed by atoms with Crippen LogP contribution < -0.4 is 0 Å². The van der Waals surface area contributed by atoms with Crippen LogP contribution in [0.15, 0.2) is 12.4 Å². The standard InChI is InChI=1S/C14H22N6O/c1-10(2)13-16-14(18-17-13)11-8-20(6-7-21-11)9-12-15-4-5-19(12)3/h4-5,10-11H,6-9H2,1-3H3,(H,16,17,18)/t11-/m0/s1. The van der Waals surface area contributed by atoms with Crippen molar-refractivity contribution in [3.63, 3.8) is 0 Å². The zero-order valence-corrected chi connectivity index (χ0v) is 12.8. The Hall–Kier alpha value is -1.73. The number of aryl methyl sites for hydroxylation is 1. The second kappa shape index (κ2) is 5.95. The van der Waals surface area contributed by atoms with Gasteiger partial charge in [-0.2, -0.15) is 5.10 Å². The lowest BCUT2D eigenvalue weighted by Gasteiger charge is -2.31. The summed E-state index contributed by atoms with van der Waals surface area (Å²) in [6.07, 6.45) is 3.76. The van der Waals surface area contributed by atoms with Gasteiger partial charge in [0.25, 0.3) is 0 Å². The van der Waals surface area contributed by atoms with Crippen molar-refractivity contribution >= 4 is 0 Å². The van der Waals surface area contributed by atoms with Crippen LogP contribution in [0, 0.1) is 0 Å². The maximum Gasteiger partial charge on any atom is 0.155 e. The Bertz CT molecular complexity index is 590. The molecular weight excluding hydrogens is 268 g/mol. The van der Waals surface area contributed by atoms with Gasteiger partial charge in [0.05, 0.1) is 13.2 Å². The molecule has 3 rings (SSSR count). The van der Waals surface area contributed by atoms with E-state index < -0.39 is 0 Å². The molecule has 114 valence electrons. The van der Waals surface area contributed by atoms with Gasteiger partial charge >= 0.3 is 0 Å². The molecule has 1 N–H and O–H groups in total. The molecule has 1 aliphatic rings. The van der Waals surface area contributed by atoms with Gasteiger partial charge in [-0.25, -0.2) is 9.97 Å². The minimum atomic E-state index is -0.0426. The first-order valence-corrected chi connectivity index (χ1v) is 7.36. The summed E-state index contributed by atoms with van der Waals surface area (Å²) >= 11 is 0. The minimum absolute atomic E-state index is 0.0426. The number of rotatable bonds is 4. The van der Waals surface area contributed by atoms with Crippen LogP contribution in [0.3, 0.4) is 0 Å². The molecule has 21 heavy (non-hydrogen) atoms. The second-order valence-electron chi connectivity index (χ2n) is 5.78. The monoisotopic (exact) mass is 290 g/mol. The van der Waals surface area contributed by atoms with E-state index in [0.717, 1.165) is 37.1 Å². The molecule has 0 aliphatic carbocycles. The van der Waals surface area contributed by atoms with E-state index in [1.54, 1.807) is 0 Å². The van der Waals surface area contributed by atoms with Gasteiger partial charge < -0.3 is 9.30 Å². The SMILES string of the molecule is CC(C)c1n[nH]c([C@@H]2CN(Cc3nccn3C)CCO2)n1. The molecule has 0 amide bonds. The van der Waals surface area contributed by atoms with Crippen molar-refractivity contribution in [1.29, 1.82) is 0 Å². The third-order valence-corrected chi connectivity index (χ3v) is 3.78. The van der Waals surface area contributed by atoms with Gasteiger partial charge in [-0.15, -0.1) is 0 Å². The van der Waals surface area contributed by atoms with Crippen LogP contribution in [0.2, 0.25) is 0 Å². The summed E-state index contributed by atoms with van der Waals surface area (Å²) in [6.45, 7) is 7.42. The number of morpholine rings is 1. The Morgan fingerprint density at radius 2 is 2.33 bits per heavy atom. The van der Waals surface area contributed by atoms with Crippen LogP contribution in [0.25, 0.3) is 0 Å². The number of aromatic amines is 1. The number of imidazole rings is 1. The predicted molar refractivity (Wildman–Crippen MR) is 77.6 cm³/mol. The number of H-pyrrole nitrogens is 1. The molecule has 2 aromatic rings. The van der Waals surface area contributed by atoms with Gasteiger partial charge in [0, 0.05) is 38.4 Å². The average Bonchev–Trinajstić information content (AvgIpc) is 3.09. The van der Waals surface area contributed by atoms with E-state index in [2.05, 4.69) is 43.5 Å². The number of ether oxygens (including phenoxy) is 1. The fraction of sp³-hybridized carbons (Fsp3) is 0.643. The molecular formula is C14H22N6O. The number of hydrogen-bond acceptors (Lipinski definition) is 5. The lowest BCUT2D eigenvalue weighted by atomic mass is 10.2. The zero-order valence-electron chi connectivity index (χ0n) is 12.8. The molecule has 0 bridgehead atoms. The first-order valence-electron chi connectivity index (χ1n) is 7.36. The summed E-state index contributed by atoms with van der Waals surface area (Å²) in [4.78, 5) is 11.3. The molecule has 1 saturated heterocycles. The number of hydrogen-bond donors (Lipinski definition) is 1. The van der Waals surface area contributed by atoms with E-state index >= 15 is 0 Å². The summed E-state index contributed by atoms with van der Waals surface area (Å²) in [5, 5.41) is 7.27. The summed E-state index contributed by atoms with van der Waals surface area (Å²) in [7, 11) is 2.02. The van der Waals surface area contributed by atoms with Crippen LogP contribution in [0.5, 0.6) is 0 Å². The lowest BCUT2D eigenvalue weighted by molar-refractivity contribution is -0.0380. The van der Waals surface area contributed by atoms with E-state index in [-0.39, 0.29) is 6.10 Å². The van der Waals surface area contributed by atoms with Crippen LogP contribution in [-0.4, -0.2) is 49.3 Å². The number of aromatic nitrogens is 5. The van der Waals surface area contributed by atoms with Crippen molar-refractivity contribution < 1.29 is 4.74 Å². The van der Waals surface area contributed by atoms with Crippen LogP contribution >= 0.6 is 0 Å². The van der Waals surface area contributed by atoms with Crippen LogP contribution in [0.1, 0.15) is 43.3 Å². The molecule has 7 heteroatoms. The second-order valence-corrected chi connectivity index (χ2v) is 5.78. The third-order valence-electron chi connectivity index (χ3n) is 3.78. The fourth-order valence-electron chi connectivity index (χ4n) is 2.45. The van der Waals surface area contributed by atoms with Crippen molar-refractivity contribution in [2.24, 2.45) is 7.05 Å². The molecule has 1 fully saturated rings. The highest BCUT2D eigenvalue weighted by atomic mass is 16.5. The highest BCUT2D eigenvalue weighted by Crippen LogP contribution is 2.21. The molecule has 0 aromatic carbocycles. The number of nitrogens with zero attached hydrogens (tertiary/aromatic N) is 5. The predicted octanol–water partition coefficient (Wildman–Crippen LogP) is 1.24. The highest BCUT2D eigenvalue weighted by Gasteiger charge is 2.25. The van der Waals surface area contributed by atoms with Gasteiger partial charge in [-0.1, -0.05) is 13.8 Å². The maximum absolute atomic E-state index is 5.83. The minimum Gasteiger partial charge on any atom is -0.368 e. The van der Waals surface area contributed by atoms with Crippen molar-refractivity contribution in [1.82, 2.24) is 29.6 Å². The Morgan fingerprint density at radius 3 is 3.00 bits per heavy atom. The first kappa shape index (κ1) is 14.2. The normalized spacial score (nSPS) is 20.3. The Morgan fingerprint density at radius 1 is 1.48 bits per heavy atom. The Kier molecular flexibility index (Phi) is 4.03. The molecule has 0 unspecified atom stereocenters. The van der Waals surface area contributed by atoms with Gasteiger partial charge in [0.15, 0.2) is 11.6 Å². The van der Waals surface area contributed by atoms with Crippen molar-refractivity contribution in [2.75, 3.05) is 19.7 Å². The summed E-state index contributed by atoms with van der Waals surface area (Å²) < 4.78 is 7.89. The summed E-state index contributed by atoms with van der Waals surface area (Å²) in [5.41, 5.74) is 0. The maximum atomic E-state index is 5.83. The van der Waals surface area contributed by atoms with E-state index in [1.807, 2.05) is 19.4 Å². The molecule has 0 spiro atoms. The van der Waals surface area contributed by atoms with Crippen molar-refractivity contribution in [3.05, 3.63) is 29.9 Å². The van der Waals surface area contributed by atoms with E-state index in [1.165, 1.54) is 0 Å². The topological polar surface area (TPSA) is 71.9 Å². The Labute approximate surface area is 124 Å². The van der Waals surface area contributed by atoms with E-state index in [9.17, 15) is 0 Å². The first-order chi connectivity index (χ1) is 10.1. The average molecular weight is 290 g/mol. The van der Waals surface area contributed by atoms with E-state index in [0.29, 0.717) is 12.5 Å². The largest absolute Gasteiger partial charge is 0.368 e. The summed E-state index contributed by atoms with van der Waals surface area (Å²) in [6, 6.07) is 0. The lowest BCUT2D eigenvalue weighted by Crippen LogP contribution is -2.38. The fourth-order valence-corrected chi connectivity index (χ4v) is 2.45. The molecule has 1 atom stereocenters. The zero-order chi connectivity index (χ0) is 14.8. The smallest absolute Gasteiger partial charge is 0.155 e. The third kappa shape index (κ3) is 3.14. The molecule has 7 nitrogen and oxygen atoms in total. The highest BCUT2D eigenvalue weighted by molar-refractivity contribution is 5.00. The molecule has 1 aliphatic heterocycles. The quantitative estimate of drug-likeness (QED) is 0.917. The Balaban J connectivity index is 1.66. The van der Waals surface area contributed by atoms with Crippen molar-refractivity contribution in [2.45, 2.75) is 32.4 Å². The summed E-state index contributed by atoms with van der Waals surface area (Å²) in [5.74, 6) is 3.05. The molecule has 3 heterocycles. The van der Waals surface area contributed by atoms with Gasteiger partial charge in [-0.05, 0) is 0 Å². The van der Waals surface area contributed by atoms with Gasteiger partial charge in [0.2, 0.25) is 0 Å².